The molecule has 2 heterocycles. The van der Waals surface area contributed by atoms with Gasteiger partial charge in [0.25, 0.3) is 0 Å². The molecule has 0 aliphatic heterocycles. The number of para-hydroxylation sites is 1. The molecule has 2 unspecified atom stereocenters. The summed E-state index contributed by atoms with van der Waals surface area (Å²) in [5, 5.41) is 3.58. The zero-order chi connectivity index (χ0) is 33.0. The van der Waals surface area contributed by atoms with Crippen LogP contribution >= 0.6 is 0 Å². The number of fused-ring (bicyclic) bond motifs is 7. The van der Waals surface area contributed by atoms with Crippen molar-refractivity contribution in [3.8, 4) is 33.9 Å². The predicted molar refractivity (Wildman–Crippen MR) is 205 cm³/mol. The van der Waals surface area contributed by atoms with Gasteiger partial charge >= 0.3 is 0 Å². The van der Waals surface area contributed by atoms with Crippen LogP contribution in [-0.4, -0.2) is 19.9 Å². The lowest BCUT2D eigenvalue weighted by atomic mass is 9.72. The minimum atomic E-state index is 0.134. The van der Waals surface area contributed by atoms with Crippen molar-refractivity contribution in [1.82, 2.24) is 19.9 Å². The van der Waals surface area contributed by atoms with E-state index in [0.29, 0.717) is 5.82 Å². The molecule has 2 atom stereocenters. The quantitative estimate of drug-likeness (QED) is 0.192. The summed E-state index contributed by atoms with van der Waals surface area (Å²) in [4.78, 5) is 20.6. The summed E-state index contributed by atoms with van der Waals surface area (Å²) in [5.74, 6) is 2.48. The molecule has 50 heavy (non-hydrogen) atoms. The predicted octanol–water partition coefficient (Wildman–Crippen LogP) is 10.9. The van der Waals surface area contributed by atoms with E-state index in [2.05, 4.69) is 140 Å². The molecule has 3 aliphatic rings. The van der Waals surface area contributed by atoms with Crippen molar-refractivity contribution in [3.05, 3.63) is 174 Å². The molecule has 3 aliphatic carbocycles. The Kier molecular flexibility index (Phi) is 6.73. The van der Waals surface area contributed by atoms with E-state index in [-0.39, 0.29) is 11.8 Å². The monoisotopic (exact) mass is 640 g/mol. The zero-order valence-electron chi connectivity index (χ0n) is 27.4. The van der Waals surface area contributed by atoms with Crippen molar-refractivity contribution in [1.29, 1.82) is 0 Å². The van der Waals surface area contributed by atoms with E-state index >= 15 is 0 Å². The first-order valence-electron chi connectivity index (χ1n) is 17.4. The SMILES string of the molecule is C1=CC2C(c3nc(-c4ccc(-c5cnc6ccccc6c5)cc4)nc(-c4cc5ccccc5c5c4CCC=C5)n3)=Cc3ccccc3C2C=C1. The number of pyridine rings is 1. The summed E-state index contributed by atoms with van der Waals surface area (Å²) in [7, 11) is 0. The lowest BCUT2D eigenvalue weighted by Gasteiger charge is -2.32. The van der Waals surface area contributed by atoms with Crippen LogP contribution < -0.4 is 0 Å². The number of rotatable bonds is 4. The van der Waals surface area contributed by atoms with Crippen LogP contribution in [-0.2, 0) is 6.42 Å². The van der Waals surface area contributed by atoms with Gasteiger partial charge in [0.1, 0.15) is 0 Å². The van der Waals surface area contributed by atoms with Crippen molar-refractivity contribution in [2.75, 3.05) is 0 Å². The molecule has 0 bridgehead atoms. The van der Waals surface area contributed by atoms with Crippen LogP contribution in [0.15, 0.2) is 146 Å². The van der Waals surface area contributed by atoms with E-state index in [1.165, 1.54) is 33.0 Å². The normalized spacial score (nSPS) is 17.3. The molecule has 0 N–H and O–H groups in total. The molecular weight excluding hydrogens is 609 g/mol. The molecule has 2 aromatic heterocycles. The number of hydrogen-bond donors (Lipinski definition) is 0. The first-order valence-corrected chi connectivity index (χ1v) is 17.4. The Morgan fingerprint density at radius 2 is 1.34 bits per heavy atom. The Hall–Kier alpha value is -6.26. The highest BCUT2D eigenvalue weighted by atomic mass is 15.0. The van der Waals surface area contributed by atoms with Gasteiger partial charge in [0.15, 0.2) is 17.5 Å². The van der Waals surface area contributed by atoms with Crippen LogP contribution in [0.3, 0.4) is 0 Å². The van der Waals surface area contributed by atoms with E-state index in [1.807, 2.05) is 18.3 Å². The van der Waals surface area contributed by atoms with Crippen LogP contribution in [0.1, 0.15) is 40.4 Å². The fourth-order valence-electron chi connectivity index (χ4n) is 7.93. The van der Waals surface area contributed by atoms with Crippen LogP contribution in [0, 0.1) is 5.92 Å². The Labute approximate surface area is 291 Å². The maximum atomic E-state index is 5.34. The van der Waals surface area contributed by atoms with Crippen LogP contribution in [0.25, 0.3) is 73.3 Å². The first-order chi connectivity index (χ1) is 24.8. The topological polar surface area (TPSA) is 51.6 Å². The maximum Gasteiger partial charge on any atom is 0.164 e. The van der Waals surface area contributed by atoms with Crippen LogP contribution in [0.4, 0.5) is 0 Å². The van der Waals surface area contributed by atoms with E-state index in [1.54, 1.807) is 0 Å². The van der Waals surface area contributed by atoms with E-state index < -0.39 is 0 Å². The van der Waals surface area contributed by atoms with Crippen LogP contribution in [0.2, 0.25) is 0 Å². The van der Waals surface area contributed by atoms with Crippen molar-refractivity contribution in [3.63, 3.8) is 0 Å². The minimum Gasteiger partial charge on any atom is -0.256 e. The van der Waals surface area contributed by atoms with Gasteiger partial charge in [-0.1, -0.05) is 127 Å². The second-order valence-electron chi connectivity index (χ2n) is 13.3. The number of aromatic nitrogens is 4. The van der Waals surface area contributed by atoms with Crippen molar-refractivity contribution >= 4 is 39.4 Å². The lowest BCUT2D eigenvalue weighted by Crippen LogP contribution is -2.19. The highest BCUT2D eigenvalue weighted by Gasteiger charge is 2.32. The summed E-state index contributed by atoms with van der Waals surface area (Å²) in [6, 6.07) is 38.6. The summed E-state index contributed by atoms with van der Waals surface area (Å²) in [5.41, 5.74) is 11.5. The van der Waals surface area contributed by atoms with Crippen molar-refractivity contribution < 1.29 is 0 Å². The molecule has 0 saturated heterocycles. The fourth-order valence-corrected chi connectivity index (χ4v) is 7.93. The highest BCUT2D eigenvalue weighted by molar-refractivity contribution is 5.97. The molecule has 0 radical (unpaired) electrons. The van der Waals surface area contributed by atoms with E-state index in [0.717, 1.165) is 63.2 Å². The van der Waals surface area contributed by atoms with Gasteiger partial charge < -0.3 is 0 Å². The molecule has 7 aromatic rings. The van der Waals surface area contributed by atoms with Crippen molar-refractivity contribution in [2.24, 2.45) is 5.92 Å². The molecule has 4 heteroatoms. The Morgan fingerprint density at radius 3 is 2.26 bits per heavy atom. The highest BCUT2D eigenvalue weighted by Crippen LogP contribution is 2.46. The van der Waals surface area contributed by atoms with Crippen LogP contribution in [0.5, 0.6) is 0 Å². The average molecular weight is 641 g/mol. The Bertz CT molecular complexity index is 2610. The second-order valence-corrected chi connectivity index (χ2v) is 13.3. The molecule has 0 spiro atoms. The fraction of sp³-hybridized carbons (Fsp3) is 0.0870. The molecule has 236 valence electrons. The summed E-state index contributed by atoms with van der Waals surface area (Å²) in [6.45, 7) is 0. The van der Waals surface area contributed by atoms with Gasteiger partial charge in [0.05, 0.1) is 5.52 Å². The smallest absolute Gasteiger partial charge is 0.164 e. The van der Waals surface area contributed by atoms with Gasteiger partial charge in [-0.15, -0.1) is 0 Å². The van der Waals surface area contributed by atoms with Gasteiger partial charge in [-0.3, -0.25) is 4.98 Å². The third-order valence-corrected chi connectivity index (χ3v) is 10.4. The van der Waals surface area contributed by atoms with Gasteiger partial charge in [-0.05, 0) is 75.7 Å². The molecule has 10 rings (SSSR count). The van der Waals surface area contributed by atoms with Gasteiger partial charge in [0, 0.05) is 45.7 Å². The standard InChI is InChI=1S/C46H32N4/c1-4-14-35-31(11-1)26-41(39-18-8-6-16-37(35)39)45-48-44(30-23-21-29(22-24-30)34-25-33-13-3-10-20-43(33)47-28-34)49-46(50-45)42-27-32-12-2-5-15-36(32)38-17-7-9-19-40(38)42/h1-8,10-18,20-28,37,39H,9,19H2. The molecule has 5 aromatic carbocycles. The Morgan fingerprint density at radius 1 is 0.600 bits per heavy atom. The third kappa shape index (κ3) is 4.83. The number of nitrogens with zero attached hydrogens (tertiary/aromatic N) is 4. The number of benzene rings is 5. The minimum absolute atomic E-state index is 0.134. The van der Waals surface area contributed by atoms with Gasteiger partial charge in [-0.25, -0.2) is 15.0 Å². The van der Waals surface area contributed by atoms with E-state index in [9.17, 15) is 0 Å². The molecule has 0 saturated carbocycles. The van der Waals surface area contributed by atoms with Gasteiger partial charge in [-0.2, -0.15) is 0 Å². The third-order valence-electron chi connectivity index (χ3n) is 10.4. The largest absolute Gasteiger partial charge is 0.256 e. The Balaban J connectivity index is 1.16. The molecule has 0 fully saturated rings. The van der Waals surface area contributed by atoms with Gasteiger partial charge in [0.2, 0.25) is 0 Å². The lowest BCUT2D eigenvalue weighted by molar-refractivity contribution is 0.702. The number of allylic oxidation sites excluding steroid dienone is 6. The molecular formula is C46H32N4. The molecule has 4 nitrogen and oxygen atoms in total. The first kappa shape index (κ1) is 28.7. The second kappa shape index (κ2) is 11.7. The average Bonchev–Trinajstić information content (AvgIpc) is 3.20. The number of hydrogen-bond acceptors (Lipinski definition) is 4. The van der Waals surface area contributed by atoms with Crippen molar-refractivity contribution in [2.45, 2.75) is 18.8 Å². The maximum absolute atomic E-state index is 5.34. The van der Waals surface area contributed by atoms with E-state index in [4.69, 9.17) is 19.9 Å². The molecule has 0 amide bonds. The summed E-state index contributed by atoms with van der Waals surface area (Å²) in [6.07, 6.45) is 19.7. The zero-order valence-corrected chi connectivity index (χ0v) is 27.4. The summed E-state index contributed by atoms with van der Waals surface area (Å²) < 4.78 is 0. The summed E-state index contributed by atoms with van der Waals surface area (Å²) >= 11 is 0.